The molecule has 188 valence electrons. The quantitative estimate of drug-likeness (QED) is 0.276. The minimum Gasteiger partial charge on any atom is -0.329 e. The SMILES string of the molecule is Cc1cccc2nc(C(F)(F)F)c(C(=O)N3CCc4c(nn(C)c4-c4cc(F)c(F)c(F)c4)[C@@H]3C)n12. The number of alkyl halides is 3. The van der Waals surface area contributed by atoms with Gasteiger partial charge in [-0.2, -0.15) is 18.3 Å². The summed E-state index contributed by atoms with van der Waals surface area (Å²) in [6.07, 6.45) is -4.70. The first-order valence-electron chi connectivity index (χ1n) is 11.0. The third kappa shape index (κ3) is 3.54. The molecule has 1 amide bonds. The molecule has 0 spiro atoms. The van der Waals surface area contributed by atoms with Crippen LogP contribution in [0.5, 0.6) is 0 Å². The van der Waals surface area contributed by atoms with Gasteiger partial charge in [-0.05, 0) is 44.5 Å². The zero-order valence-corrected chi connectivity index (χ0v) is 19.3. The summed E-state index contributed by atoms with van der Waals surface area (Å²) in [6.45, 7) is 3.21. The van der Waals surface area contributed by atoms with Crippen LogP contribution in [0.25, 0.3) is 16.9 Å². The fourth-order valence-corrected chi connectivity index (χ4v) is 4.86. The number of benzene rings is 1. The van der Waals surface area contributed by atoms with Crippen LogP contribution in [-0.4, -0.2) is 36.5 Å². The molecule has 0 unspecified atom stereocenters. The average Bonchev–Trinajstić information content (AvgIpc) is 3.36. The average molecular weight is 507 g/mol. The number of hydrogen-bond donors (Lipinski definition) is 0. The summed E-state index contributed by atoms with van der Waals surface area (Å²) in [5, 5.41) is 4.39. The molecule has 0 saturated heterocycles. The van der Waals surface area contributed by atoms with Gasteiger partial charge >= 0.3 is 6.18 Å². The summed E-state index contributed by atoms with van der Waals surface area (Å²) in [7, 11) is 1.53. The Morgan fingerprint density at radius 1 is 1.11 bits per heavy atom. The van der Waals surface area contributed by atoms with Gasteiger partial charge in [0, 0.05) is 30.4 Å². The maximum atomic E-state index is 13.9. The molecular formula is C24H19F6N5O. The molecule has 1 aromatic carbocycles. The molecule has 0 saturated carbocycles. The molecule has 12 heteroatoms. The van der Waals surface area contributed by atoms with Gasteiger partial charge in [0.1, 0.15) is 11.3 Å². The summed E-state index contributed by atoms with van der Waals surface area (Å²) >= 11 is 0. The van der Waals surface area contributed by atoms with E-state index in [0.717, 1.165) is 12.1 Å². The van der Waals surface area contributed by atoms with Crippen molar-refractivity contribution in [2.24, 2.45) is 7.05 Å². The van der Waals surface area contributed by atoms with Crippen molar-refractivity contribution < 1.29 is 31.1 Å². The molecular weight excluding hydrogens is 488 g/mol. The summed E-state index contributed by atoms with van der Waals surface area (Å²) in [5.41, 5.74) is -0.124. The minimum absolute atomic E-state index is 0.00323. The molecule has 0 bridgehead atoms. The number of aromatic nitrogens is 4. The maximum Gasteiger partial charge on any atom is 0.435 e. The summed E-state index contributed by atoms with van der Waals surface area (Å²) in [5.74, 6) is -5.18. The fourth-order valence-electron chi connectivity index (χ4n) is 4.86. The second kappa shape index (κ2) is 8.10. The second-order valence-electron chi connectivity index (χ2n) is 8.68. The number of carbonyl (C=O) groups is 1. The summed E-state index contributed by atoms with van der Waals surface area (Å²) < 4.78 is 85.4. The summed E-state index contributed by atoms with van der Waals surface area (Å²) in [4.78, 5) is 18.5. The minimum atomic E-state index is -4.86. The lowest BCUT2D eigenvalue weighted by molar-refractivity contribution is -0.141. The molecule has 36 heavy (non-hydrogen) atoms. The first-order valence-corrected chi connectivity index (χ1v) is 11.0. The van der Waals surface area contributed by atoms with Crippen LogP contribution < -0.4 is 0 Å². The zero-order chi connectivity index (χ0) is 26.1. The highest BCUT2D eigenvalue weighted by Gasteiger charge is 2.43. The number of pyridine rings is 1. The van der Waals surface area contributed by atoms with Gasteiger partial charge in [-0.1, -0.05) is 6.07 Å². The molecule has 4 heterocycles. The van der Waals surface area contributed by atoms with Gasteiger partial charge in [0.25, 0.3) is 5.91 Å². The van der Waals surface area contributed by atoms with Crippen molar-refractivity contribution >= 4 is 11.6 Å². The van der Waals surface area contributed by atoms with Gasteiger partial charge in [-0.25, -0.2) is 18.2 Å². The van der Waals surface area contributed by atoms with Crippen LogP contribution in [0.2, 0.25) is 0 Å². The molecule has 1 aliphatic heterocycles. The number of fused-ring (bicyclic) bond motifs is 2. The third-order valence-electron chi connectivity index (χ3n) is 6.47. The number of halogens is 6. The Morgan fingerprint density at radius 3 is 2.42 bits per heavy atom. The molecule has 0 N–H and O–H groups in total. The smallest absolute Gasteiger partial charge is 0.329 e. The lowest BCUT2D eigenvalue weighted by Crippen LogP contribution is -2.40. The van der Waals surface area contributed by atoms with Gasteiger partial charge < -0.3 is 4.90 Å². The number of amides is 1. The first-order chi connectivity index (χ1) is 16.9. The molecule has 0 fully saturated rings. The van der Waals surface area contributed by atoms with Crippen molar-refractivity contribution in [2.75, 3.05) is 6.54 Å². The standard InChI is InChI=1S/C24H19F6N5O/c1-11-5-4-6-17-31-22(24(28,29)30)21(35(11)17)23(36)34-8-7-14-19(12(34)2)32-33(3)20(14)13-9-15(25)18(27)16(26)10-13/h4-6,9-10,12H,7-8H2,1-3H3/t12-/m0/s1. The summed E-state index contributed by atoms with van der Waals surface area (Å²) in [6, 6.07) is 5.48. The highest BCUT2D eigenvalue weighted by molar-refractivity contribution is 5.95. The van der Waals surface area contributed by atoms with Gasteiger partial charge in [-0.3, -0.25) is 13.9 Å². The van der Waals surface area contributed by atoms with Crippen LogP contribution >= 0.6 is 0 Å². The van der Waals surface area contributed by atoms with E-state index < -0.39 is 47.0 Å². The van der Waals surface area contributed by atoms with E-state index in [1.165, 1.54) is 27.1 Å². The van der Waals surface area contributed by atoms with E-state index in [9.17, 15) is 31.1 Å². The van der Waals surface area contributed by atoms with Crippen molar-refractivity contribution in [1.82, 2.24) is 24.1 Å². The van der Waals surface area contributed by atoms with Gasteiger partial charge in [0.2, 0.25) is 0 Å². The van der Waals surface area contributed by atoms with Crippen molar-refractivity contribution in [3.05, 3.63) is 76.1 Å². The number of aryl methyl sites for hydroxylation is 2. The van der Waals surface area contributed by atoms with Crippen molar-refractivity contribution in [1.29, 1.82) is 0 Å². The predicted molar refractivity (Wildman–Crippen MR) is 117 cm³/mol. The van der Waals surface area contributed by atoms with E-state index in [4.69, 9.17) is 0 Å². The van der Waals surface area contributed by atoms with Crippen LogP contribution in [0.15, 0.2) is 30.3 Å². The Hall–Kier alpha value is -3.83. The Labute approximate surface area is 200 Å². The van der Waals surface area contributed by atoms with E-state index >= 15 is 0 Å². The number of imidazole rings is 1. The Balaban J connectivity index is 1.60. The van der Waals surface area contributed by atoms with E-state index in [0.29, 0.717) is 22.6 Å². The molecule has 3 aromatic heterocycles. The van der Waals surface area contributed by atoms with E-state index in [-0.39, 0.29) is 24.2 Å². The highest BCUT2D eigenvalue weighted by atomic mass is 19.4. The lowest BCUT2D eigenvalue weighted by Gasteiger charge is -2.33. The number of rotatable bonds is 2. The van der Waals surface area contributed by atoms with E-state index in [1.807, 2.05) is 0 Å². The van der Waals surface area contributed by atoms with Gasteiger partial charge in [0.05, 0.1) is 17.4 Å². The van der Waals surface area contributed by atoms with Gasteiger partial charge in [0.15, 0.2) is 23.1 Å². The van der Waals surface area contributed by atoms with Crippen LogP contribution in [0.4, 0.5) is 26.3 Å². The van der Waals surface area contributed by atoms with E-state index in [1.54, 1.807) is 26.0 Å². The first kappa shape index (κ1) is 23.9. The topological polar surface area (TPSA) is 55.4 Å². The normalized spacial score (nSPS) is 16.0. The van der Waals surface area contributed by atoms with Crippen LogP contribution in [0.3, 0.4) is 0 Å². The van der Waals surface area contributed by atoms with Crippen molar-refractivity contribution in [2.45, 2.75) is 32.5 Å². The Bertz CT molecular complexity index is 1510. The van der Waals surface area contributed by atoms with Crippen LogP contribution in [0.1, 0.15) is 46.1 Å². The molecule has 4 aromatic rings. The molecule has 0 radical (unpaired) electrons. The number of nitrogens with zero attached hydrogens (tertiary/aromatic N) is 5. The zero-order valence-electron chi connectivity index (χ0n) is 19.3. The maximum absolute atomic E-state index is 13.9. The van der Waals surface area contributed by atoms with Crippen LogP contribution in [-0.2, 0) is 19.6 Å². The number of carbonyl (C=O) groups excluding carboxylic acids is 1. The fraction of sp³-hybridized carbons (Fsp3) is 0.292. The third-order valence-corrected chi connectivity index (χ3v) is 6.47. The van der Waals surface area contributed by atoms with E-state index in [2.05, 4.69) is 10.1 Å². The Kier molecular flexibility index (Phi) is 5.38. The molecule has 5 rings (SSSR count). The highest BCUT2D eigenvalue weighted by Crippen LogP contribution is 2.39. The van der Waals surface area contributed by atoms with Crippen molar-refractivity contribution in [3.63, 3.8) is 0 Å². The largest absolute Gasteiger partial charge is 0.435 e. The Morgan fingerprint density at radius 2 is 1.78 bits per heavy atom. The number of hydrogen-bond acceptors (Lipinski definition) is 3. The van der Waals surface area contributed by atoms with Gasteiger partial charge in [-0.15, -0.1) is 0 Å². The lowest BCUT2D eigenvalue weighted by atomic mass is 9.95. The van der Waals surface area contributed by atoms with Crippen molar-refractivity contribution in [3.8, 4) is 11.3 Å². The molecule has 1 aliphatic rings. The van der Waals surface area contributed by atoms with Crippen LogP contribution in [0, 0.1) is 24.4 Å². The predicted octanol–water partition coefficient (Wildman–Crippen LogP) is 5.24. The molecule has 1 atom stereocenters. The monoisotopic (exact) mass is 507 g/mol. The second-order valence-corrected chi connectivity index (χ2v) is 8.68. The molecule has 0 aliphatic carbocycles. The molecule has 6 nitrogen and oxygen atoms in total.